The van der Waals surface area contributed by atoms with Crippen LogP contribution >= 0.6 is 20.3 Å². The molecule has 230 valence electrons. The van der Waals surface area contributed by atoms with Gasteiger partial charge in [0.1, 0.15) is 11.4 Å². The van der Waals surface area contributed by atoms with Crippen molar-refractivity contribution in [2.75, 3.05) is 32.0 Å². The van der Waals surface area contributed by atoms with E-state index in [2.05, 4.69) is 38.4 Å². The molecule has 5 heterocycles. The van der Waals surface area contributed by atoms with Crippen molar-refractivity contribution in [2.24, 2.45) is 5.92 Å². The molecule has 2 fully saturated rings. The minimum Gasteiger partial charge on any atom is -0.444 e. The van der Waals surface area contributed by atoms with E-state index in [0.29, 0.717) is 23.3 Å². The second kappa shape index (κ2) is 16.2. The van der Waals surface area contributed by atoms with Crippen LogP contribution < -0.4 is 5.32 Å². The topological polar surface area (TPSA) is 108 Å². The average molecular weight is 719 g/mol. The van der Waals surface area contributed by atoms with Gasteiger partial charge in [0, 0.05) is 63.6 Å². The van der Waals surface area contributed by atoms with Crippen LogP contribution in [-0.2, 0) is 11.3 Å². The van der Waals surface area contributed by atoms with Gasteiger partial charge < -0.3 is 23.5 Å². The molecule has 5 rings (SSSR count). The van der Waals surface area contributed by atoms with Crippen LogP contribution in [0.25, 0.3) is 10.9 Å². The molecule has 0 aromatic carbocycles. The third-order valence-corrected chi connectivity index (χ3v) is 7.81. The standard InChI is InChI=1S/C29H41N7O3.Al.B.FH.HI/c1-29(2,3)39-28(38)35-13-9-20(10-14-35)7-5-12-36-19-22(18-31-36)27(37)33-26-16-23-21(17-30-26)15-24(32-23)25-8-6-11-34(25)4;;;;/h15-20,25,32H,5-14H2,1-4H3,(H,30,33,37);;;2*1H/q;+2;;;/p-2. The third-order valence-electron chi connectivity index (χ3n) is 7.81. The van der Waals surface area contributed by atoms with Gasteiger partial charge in [0.15, 0.2) is 0 Å². The lowest BCUT2D eigenvalue weighted by atomic mass is 9.92. The lowest BCUT2D eigenvalue weighted by molar-refractivity contribution is 0.0180. The van der Waals surface area contributed by atoms with Crippen LogP contribution in [0.2, 0.25) is 0 Å². The Hall–Kier alpha value is -2.14. The normalized spacial score (nSPS) is 17.6. The summed E-state index contributed by atoms with van der Waals surface area (Å²) in [5.41, 5.74) is 2.23. The molecule has 0 aliphatic carbocycles. The van der Waals surface area contributed by atoms with E-state index < -0.39 is 18.0 Å². The van der Waals surface area contributed by atoms with E-state index in [1.54, 1.807) is 38.9 Å². The maximum Gasteiger partial charge on any atom is 0.582 e. The van der Waals surface area contributed by atoms with E-state index in [-0.39, 0.29) is 20.4 Å². The van der Waals surface area contributed by atoms with Crippen LogP contribution in [0.4, 0.5) is 14.1 Å². The van der Waals surface area contributed by atoms with Gasteiger partial charge in [-0.25, -0.2) is 9.78 Å². The Bertz CT molecular complexity index is 1340. The number of aryl methyl sites for hydroxylation is 1. The number of anilines is 1. The first-order valence-corrected chi connectivity index (χ1v) is 19.2. The number of rotatable bonds is 7. The Morgan fingerprint density at radius 1 is 1.19 bits per heavy atom. The molecule has 4 radical (unpaired) electrons. The van der Waals surface area contributed by atoms with Crippen LogP contribution in [0.1, 0.15) is 81.4 Å². The molecule has 14 heteroatoms. The molecule has 1 atom stereocenters. The van der Waals surface area contributed by atoms with Gasteiger partial charge in [-0.15, -0.1) is 0 Å². The molecule has 2 saturated heterocycles. The van der Waals surface area contributed by atoms with Gasteiger partial charge in [-0.05, 0) is 84.9 Å². The number of fused-ring (bicyclic) bond motifs is 1. The van der Waals surface area contributed by atoms with Gasteiger partial charge in [-0.1, -0.05) is 0 Å². The average Bonchev–Trinajstić information content (AvgIpc) is 3.68. The second-order valence-corrected chi connectivity index (χ2v) is 13.7. The summed E-state index contributed by atoms with van der Waals surface area (Å²) >= 11 is 0.925. The number of aromatic nitrogens is 4. The highest BCUT2D eigenvalue weighted by Gasteiger charge is 2.27. The van der Waals surface area contributed by atoms with Crippen molar-refractivity contribution in [1.29, 1.82) is 0 Å². The van der Waals surface area contributed by atoms with Gasteiger partial charge in [-0.3, -0.25) is 14.4 Å². The van der Waals surface area contributed by atoms with Gasteiger partial charge in [0.05, 0.1) is 17.3 Å². The van der Waals surface area contributed by atoms with Gasteiger partial charge >= 0.3 is 18.5 Å². The van der Waals surface area contributed by atoms with Crippen molar-refractivity contribution >= 4 is 69.8 Å². The summed E-state index contributed by atoms with van der Waals surface area (Å²) in [7, 11) is 2.16. The number of nitrogens with one attached hydrogen (secondary N) is 2. The summed E-state index contributed by atoms with van der Waals surface area (Å²) in [6.07, 6.45) is 11.4. The van der Waals surface area contributed by atoms with E-state index in [1.807, 2.05) is 36.4 Å². The summed E-state index contributed by atoms with van der Waals surface area (Å²) in [4.78, 5) is 37.3. The Labute approximate surface area is 273 Å². The molecule has 2 aliphatic rings. The Morgan fingerprint density at radius 2 is 1.91 bits per heavy atom. The zero-order valence-corrected chi connectivity index (χ0v) is 28.8. The van der Waals surface area contributed by atoms with Crippen LogP contribution in [0.15, 0.2) is 30.7 Å². The van der Waals surface area contributed by atoms with Gasteiger partial charge in [0.2, 0.25) is 0 Å². The Kier molecular flexibility index (Phi) is 13.4. The summed E-state index contributed by atoms with van der Waals surface area (Å²) < 4.78 is 17.7. The number of pyridine rings is 1. The predicted molar refractivity (Wildman–Crippen MR) is 177 cm³/mol. The number of amides is 2. The number of aromatic amines is 1. The highest BCUT2D eigenvalue weighted by Crippen LogP contribution is 2.32. The summed E-state index contributed by atoms with van der Waals surface area (Å²) in [5, 5.41) is 8.35. The predicted octanol–water partition coefficient (Wildman–Crippen LogP) is 5.75. The van der Waals surface area contributed by atoms with Crippen LogP contribution in [0, 0.1) is 5.92 Å². The third kappa shape index (κ3) is 10.2. The second-order valence-electron chi connectivity index (χ2n) is 12.1. The monoisotopic (exact) mass is 719 g/mol. The quantitative estimate of drug-likeness (QED) is 0.238. The molecule has 3 aromatic rings. The van der Waals surface area contributed by atoms with Crippen LogP contribution in [0.3, 0.4) is 0 Å². The first-order chi connectivity index (χ1) is 20.1. The molecule has 2 aliphatic heterocycles. The molecule has 10 nitrogen and oxygen atoms in total. The molecule has 3 aromatic heterocycles. The van der Waals surface area contributed by atoms with E-state index in [0.717, 1.165) is 69.2 Å². The fourth-order valence-electron chi connectivity index (χ4n) is 5.66. The first kappa shape index (κ1) is 35.3. The number of halogens is 2. The molecule has 2 amide bonds. The molecule has 0 spiro atoms. The zero-order valence-electron chi connectivity index (χ0n) is 25.5. The number of carbonyl (C=O) groups is 2. The number of carbonyl (C=O) groups excluding carboxylic acids is 2. The van der Waals surface area contributed by atoms with Gasteiger partial charge in [-0.2, -0.15) is 25.4 Å². The maximum atomic E-state index is 12.9. The first-order valence-electron chi connectivity index (χ1n) is 14.6. The van der Waals surface area contributed by atoms with E-state index in [1.165, 1.54) is 12.1 Å². The number of hydrogen-bond donors (Lipinski definition) is 2. The van der Waals surface area contributed by atoms with Crippen molar-refractivity contribution in [1.82, 2.24) is 29.5 Å². The van der Waals surface area contributed by atoms with Crippen molar-refractivity contribution in [3.63, 3.8) is 0 Å². The smallest absolute Gasteiger partial charge is 0.444 e. The molecule has 0 bridgehead atoms. The van der Waals surface area contributed by atoms with Crippen molar-refractivity contribution in [2.45, 2.75) is 77.5 Å². The van der Waals surface area contributed by atoms with Gasteiger partial charge in [0.25, 0.3) is 5.91 Å². The number of likely N-dealkylation sites (tertiary alicyclic amines) is 2. The minimum atomic E-state index is -0.780. The molecule has 2 N–H and O–H groups in total. The summed E-state index contributed by atoms with van der Waals surface area (Å²) in [6.45, 7) is 9.04. The number of H-pyrrole nitrogens is 1. The SMILES string of the molecule is CN1CCCC1c1cc2cnc(NC(=O)c3cnn(CCCC4CCN(C(=O)OC(C)(C)C)CC4)c3)cc2[nH]1.[B].[F][Al][I]. The van der Waals surface area contributed by atoms with E-state index in [4.69, 9.17) is 4.74 Å². The Morgan fingerprint density at radius 3 is 2.56 bits per heavy atom. The number of hydrogen-bond acceptors (Lipinski definition) is 6. The number of piperidine rings is 1. The summed E-state index contributed by atoms with van der Waals surface area (Å²) in [5.74, 6) is 0.890. The molecule has 1 unspecified atom stereocenters. The van der Waals surface area contributed by atoms with Crippen molar-refractivity contribution in [3.8, 4) is 0 Å². The van der Waals surface area contributed by atoms with Crippen LogP contribution in [-0.4, -0.2) is 94.6 Å². The highest BCUT2D eigenvalue weighted by molar-refractivity contribution is 14.1. The lowest BCUT2D eigenvalue weighted by Crippen LogP contribution is -2.41. The molecule has 43 heavy (non-hydrogen) atoms. The van der Waals surface area contributed by atoms with E-state index in [9.17, 15) is 13.1 Å². The maximum absolute atomic E-state index is 12.9. The largest absolute Gasteiger partial charge is 0.582 e. The van der Waals surface area contributed by atoms with Crippen molar-refractivity contribution < 1.29 is 17.8 Å². The summed E-state index contributed by atoms with van der Waals surface area (Å²) in [6, 6.07) is 4.46. The van der Waals surface area contributed by atoms with Crippen molar-refractivity contribution in [3.05, 3.63) is 42.0 Å². The highest BCUT2D eigenvalue weighted by atomic mass is 127. The molecule has 0 saturated carbocycles. The Balaban J connectivity index is 0.00000121. The lowest BCUT2D eigenvalue weighted by Gasteiger charge is -2.33. The molecular formula is C29H41AlBFIN7O3. The minimum absolute atomic E-state index is 0. The molecular weight excluding hydrogens is 678 g/mol. The number of nitrogens with zero attached hydrogens (tertiary/aromatic N) is 5. The zero-order chi connectivity index (χ0) is 30.3. The fourth-order valence-corrected chi connectivity index (χ4v) is 5.66. The number of ether oxygens (including phenoxy) is 1. The van der Waals surface area contributed by atoms with E-state index >= 15 is 0 Å². The fraction of sp³-hybridized carbons (Fsp3) is 0.586. The van der Waals surface area contributed by atoms with Crippen LogP contribution in [0.5, 0.6) is 0 Å².